The molecule has 2 aromatic rings. The lowest BCUT2D eigenvalue weighted by molar-refractivity contribution is -0.117. The minimum atomic E-state index is -0.121. The van der Waals surface area contributed by atoms with Gasteiger partial charge in [-0.3, -0.25) is 4.79 Å². The van der Waals surface area contributed by atoms with Crippen molar-refractivity contribution in [2.24, 2.45) is 0 Å². The van der Waals surface area contributed by atoms with Gasteiger partial charge in [-0.15, -0.1) is 0 Å². The van der Waals surface area contributed by atoms with E-state index in [1.54, 1.807) is 6.08 Å². The molecule has 3 nitrogen and oxygen atoms in total. The largest absolute Gasteiger partial charge is 0.491 e. The average molecular weight is 295 g/mol. The molecule has 0 aliphatic carbocycles. The summed E-state index contributed by atoms with van der Waals surface area (Å²) in [5.74, 6) is 0.690. The zero-order valence-corrected chi connectivity index (χ0v) is 13.0. The number of nitrogens with one attached hydrogen (secondary N) is 1. The Balaban J connectivity index is 1.76. The number of amides is 1. The van der Waals surface area contributed by atoms with E-state index in [0.29, 0.717) is 6.61 Å². The maximum absolute atomic E-state index is 11.8. The molecule has 0 spiro atoms. The van der Waals surface area contributed by atoms with Crippen LogP contribution in [-0.2, 0) is 4.79 Å². The first-order chi connectivity index (χ1) is 10.6. The van der Waals surface area contributed by atoms with Crippen molar-refractivity contribution in [3.8, 4) is 5.75 Å². The molecule has 1 amide bonds. The van der Waals surface area contributed by atoms with Crippen LogP contribution in [0.4, 0.5) is 0 Å². The predicted octanol–water partition coefficient (Wildman–Crippen LogP) is 3.59. The van der Waals surface area contributed by atoms with Crippen LogP contribution >= 0.6 is 0 Å². The molecule has 2 aromatic carbocycles. The Morgan fingerprint density at radius 2 is 1.82 bits per heavy atom. The predicted molar refractivity (Wildman–Crippen MR) is 89.8 cm³/mol. The summed E-state index contributed by atoms with van der Waals surface area (Å²) < 4.78 is 5.65. The fourth-order valence-electron chi connectivity index (χ4n) is 1.92. The molecule has 0 aliphatic rings. The molecule has 0 aliphatic heterocycles. The van der Waals surface area contributed by atoms with Crippen LogP contribution in [0.1, 0.15) is 18.1 Å². The van der Waals surface area contributed by atoms with Crippen LogP contribution in [0.15, 0.2) is 60.7 Å². The summed E-state index contributed by atoms with van der Waals surface area (Å²) in [6.45, 7) is 4.39. The van der Waals surface area contributed by atoms with E-state index in [2.05, 4.69) is 5.32 Å². The quantitative estimate of drug-likeness (QED) is 0.827. The third-order valence-electron chi connectivity index (χ3n) is 3.14. The minimum absolute atomic E-state index is 0.0609. The summed E-state index contributed by atoms with van der Waals surface area (Å²) in [4.78, 5) is 11.8. The van der Waals surface area contributed by atoms with E-state index in [-0.39, 0.29) is 11.9 Å². The van der Waals surface area contributed by atoms with E-state index in [0.717, 1.165) is 11.3 Å². The van der Waals surface area contributed by atoms with Crippen LogP contribution in [0.25, 0.3) is 6.08 Å². The summed E-state index contributed by atoms with van der Waals surface area (Å²) in [7, 11) is 0. The first-order valence-electron chi connectivity index (χ1n) is 7.36. The maximum atomic E-state index is 11.8. The van der Waals surface area contributed by atoms with Gasteiger partial charge in [0.15, 0.2) is 0 Å². The highest BCUT2D eigenvalue weighted by molar-refractivity contribution is 5.91. The van der Waals surface area contributed by atoms with Gasteiger partial charge in [-0.2, -0.15) is 0 Å². The number of hydrogen-bond acceptors (Lipinski definition) is 2. The van der Waals surface area contributed by atoms with E-state index in [1.807, 2.05) is 68.4 Å². The van der Waals surface area contributed by atoms with Crippen molar-refractivity contribution in [3.05, 3.63) is 71.8 Å². The number of aryl methyl sites for hydroxylation is 1. The number of carbonyl (C=O) groups excluding carboxylic acids is 1. The molecular weight excluding hydrogens is 274 g/mol. The van der Waals surface area contributed by atoms with Gasteiger partial charge >= 0.3 is 0 Å². The van der Waals surface area contributed by atoms with E-state index in [4.69, 9.17) is 4.74 Å². The van der Waals surface area contributed by atoms with Gasteiger partial charge in [0.2, 0.25) is 5.91 Å². The summed E-state index contributed by atoms with van der Waals surface area (Å²) in [6.07, 6.45) is 3.33. The lowest BCUT2D eigenvalue weighted by Gasteiger charge is -2.14. The van der Waals surface area contributed by atoms with Gasteiger partial charge in [0, 0.05) is 6.08 Å². The van der Waals surface area contributed by atoms with Crippen molar-refractivity contribution in [1.82, 2.24) is 5.32 Å². The van der Waals surface area contributed by atoms with Gasteiger partial charge < -0.3 is 10.1 Å². The monoisotopic (exact) mass is 295 g/mol. The van der Waals surface area contributed by atoms with Crippen molar-refractivity contribution in [3.63, 3.8) is 0 Å². The van der Waals surface area contributed by atoms with Crippen LogP contribution < -0.4 is 10.1 Å². The van der Waals surface area contributed by atoms with Gasteiger partial charge in [-0.25, -0.2) is 0 Å². The molecule has 0 heterocycles. The van der Waals surface area contributed by atoms with E-state index in [1.165, 1.54) is 11.6 Å². The van der Waals surface area contributed by atoms with Crippen molar-refractivity contribution in [2.75, 3.05) is 6.61 Å². The minimum Gasteiger partial charge on any atom is -0.491 e. The van der Waals surface area contributed by atoms with Gasteiger partial charge in [-0.05, 0) is 37.6 Å². The number of carbonyl (C=O) groups is 1. The first-order valence-corrected chi connectivity index (χ1v) is 7.36. The zero-order chi connectivity index (χ0) is 15.8. The molecule has 0 fully saturated rings. The van der Waals surface area contributed by atoms with Crippen LogP contribution in [0.2, 0.25) is 0 Å². The second-order valence-corrected chi connectivity index (χ2v) is 5.28. The highest BCUT2D eigenvalue weighted by atomic mass is 16.5. The molecule has 3 heteroatoms. The fraction of sp³-hybridized carbons (Fsp3) is 0.211. The topological polar surface area (TPSA) is 38.3 Å². The van der Waals surface area contributed by atoms with E-state index < -0.39 is 0 Å². The van der Waals surface area contributed by atoms with Crippen LogP contribution in [0.3, 0.4) is 0 Å². The Hall–Kier alpha value is -2.55. The summed E-state index contributed by atoms with van der Waals surface area (Å²) in [6, 6.07) is 17.5. The lowest BCUT2D eigenvalue weighted by atomic mass is 10.2. The van der Waals surface area contributed by atoms with Crippen LogP contribution in [-0.4, -0.2) is 18.6 Å². The molecular formula is C19H21NO2. The van der Waals surface area contributed by atoms with Crippen LogP contribution in [0.5, 0.6) is 5.75 Å². The summed E-state index contributed by atoms with van der Waals surface area (Å²) in [5, 5.41) is 2.88. The van der Waals surface area contributed by atoms with Gasteiger partial charge in [0.25, 0.3) is 0 Å². The molecule has 0 unspecified atom stereocenters. The Morgan fingerprint density at radius 1 is 1.14 bits per heavy atom. The normalized spacial score (nSPS) is 12.1. The maximum Gasteiger partial charge on any atom is 0.244 e. The molecule has 0 bridgehead atoms. The van der Waals surface area contributed by atoms with Crippen LogP contribution in [0, 0.1) is 6.92 Å². The number of benzene rings is 2. The zero-order valence-electron chi connectivity index (χ0n) is 13.0. The molecule has 114 valence electrons. The molecule has 1 atom stereocenters. The smallest absolute Gasteiger partial charge is 0.244 e. The highest BCUT2D eigenvalue weighted by Gasteiger charge is 2.05. The standard InChI is InChI=1S/C19H21NO2/c1-15-8-11-18(12-9-15)22-14-16(2)20-19(21)13-10-17-6-4-3-5-7-17/h3-13,16H,14H2,1-2H3,(H,20,21)/b13-10+/t16-/m1/s1. The number of ether oxygens (including phenoxy) is 1. The highest BCUT2D eigenvalue weighted by Crippen LogP contribution is 2.11. The van der Waals surface area contributed by atoms with E-state index >= 15 is 0 Å². The Morgan fingerprint density at radius 3 is 2.50 bits per heavy atom. The van der Waals surface area contributed by atoms with Crippen molar-refractivity contribution in [1.29, 1.82) is 0 Å². The van der Waals surface area contributed by atoms with Gasteiger partial charge in [0.05, 0.1) is 6.04 Å². The SMILES string of the molecule is Cc1ccc(OC[C@@H](C)NC(=O)/C=C/c2ccccc2)cc1. The fourth-order valence-corrected chi connectivity index (χ4v) is 1.92. The van der Waals surface area contributed by atoms with Gasteiger partial charge in [0.1, 0.15) is 12.4 Å². The third kappa shape index (κ3) is 5.44. The molecule has 1 N–H and O–H groups in total. The Bertz CT molecular complexity index is 618. The molecule has 22 heavy (non-hydrogen) atoms. The molecule has 0 radical (unpaired) electrons. The Labute approximate surface area is 131 Å². The lowest BCUT2D eigenvalue weighted by Crippen LogP contribution is -2.35. The average Bonchev–Trinajstić information content (AvgIpc) is 2.53. The van der Waals surface area contributed by atoms with Crippen molar-refractivity contribution in [2.45, 2.75) is 19.9 Å². The molecule has 2 rings (SSSR count). The summed E-state index contributed by atoms with van der Waals surface area (Å²) in [5.41, 5.74) is 2.20. The first kappa shape index (κ1) is 15.8. The summed E-state index contributed by atoms with van der Waals surface area (Å²) >= 11 is 0. The van der Waals surface area contributed by atoms with Crippen molar-refractivity contribution < 1.29 is 9.53 Å². The molecule has 0 saturated carbocycles. The number of hydrogen-bond donors (Lipinski definition) is 1. The third-order valence-corrected chi connectivity index (χ3v) is 3.14. The molecule has 0 aromatic heterocycles. The van der Waals surface area contributed by atoms with Gasteiger partial charge in [-0.1, -0.05) is 48.0 Å². The second kappa shape index (κ2) is 8.03. The van der Waals surface area contributed by atoms with Crippen molar-refractivity contribution >= 4 is 12.0 Å². The Kier molecular flexibility index (Phi) is 5.78. The van der Waals surface area contributed by atoms with E-state index in [9.17, 15) is 4.79 Å². The molecule has 0 saturated heterocycles. The number of rotatable bonds is 6. The second-order valence-electron chi connectivity index (χ2n) is 5.28.